The number of hydrogen-bond acceptors (Lipinski definition) is 8. The Morgan fingerprint density at radius 2 is 1.74 bits per heavy atom. The standard InChI is InChI=1S/C17H18N6O4/c1-22(2)16-19-12(20-17(21-16)27-3)8-18-13(24)9-23-14(25)10-6-4-5-7-11(10)15(23)26/h4-7H,8-9H2,1-3H3,(H,18,24). The Bertz CT molecular complexity index is 879. The first kappa shape index (κ1) is 18.2. The SMILES string of the molecule is COc1nc(CNC(=O)CN2C(=O)c3ccccc3C2=O)nc(N(C)C)n1. The molecule has 140 valence electrons. The molecule has 0 saturated heterocycles. The van der Waals surface area contributed by atoms with E-state index >= 15 is 0 Å². The third kappa shape index (κ3) is 3.68. The molecule has 1 aromatic heterocycles. The summed E-state index contributed by atoms with van der Waals surface area (Å²) in [6.07, 6.45) is 0. The number of carbonyl (C=O) groups is 3. The first-order valence-corrected chi connectivity index (χ1v) is 8.09. The van der Waals surface area contributed by atoms with Crippen LogP contribution in [-0.2, 0) is 11.3 Å². The summed E-state index contributed by atoms with van der Waals surface area (Å²) in [5.41, 5.74) is 0.598. The summed E-state index contributed by atoms with van der Waals surface area (Å²) < 4.78 is 5.02. The van der Waals surface area contributed by atoms with Gasteiger partial charge in [0.1, 0.15) is 6.54 Å². The molecule has 0 radical (unpaired) electrons. The van der Waals surface area contributed by atoms with Crippen LogP contribution in [0.25, 0.3) is 0 Å². The molecule has 0 unspecified atom stereocenters. The molecule has 3 rings (SSSR count). The maximum absolute atomic E-state index is 12.3. The second kappa shape index (κ2) is 7.36. The van der Waals surface area contributed by atoms with Crippen molar-refractivity contribution < 1.29 is 19.1 Å². The van der Waals surface area contributed by atoms with E-state index in [0.29, 0.717) is 22.9 Å². The van der Waals surface area contributed by atoms with Gasteiger partial charge in [-0.15, -0.1) is 0 Å². The molecule has 0 fully saturated rings. The number of hydrogen-bond donors (Lipinski definition) is 1. The zero-order chi connectivity index (χ0) is 19.6. The summed E-state index contributed by atoms with van der Waals surface area (Å²) in [6.45, 7) is -0.378. The fraction of sp³-hybridized carbons (Fsp3) is 0.294. The van der Waals surface area contributed by atoms with Gasteiger partial charge in [0.15, 0.2) is 5.82 Å². The second-order valence-electron chi connectivity index (χ2n) is 5.95. The summed E-state index contributed by atoms with van der Waals surface area (Å²) in [5, 5.41) is 2.60. The molecule has 2 aromatic rings. The molecule has 1 aliphatic rings. The number of ether oxygens (including phenoxy) is 1. The van der Waals surface area contributed by atoms with Crippen molar-refractivity contribution in [3.05, 3.63) is 41.2 Å². The van der Waals surface area contributed by atoms with Crippen LogP contribution in [0.1, 0.15) is 26.5 Å². The first-order valence-electron chi connectivity index (χ1n) is 8.09. The van der Waals surface area contributed by atoms with Gasteiger partial charge < -0.3 is 15.0 Å². The Kier molecular flexibility index (Phi) is 4.97. The largest absolute Gasteiger partial charge is 0.467 e. The zero-order valence-corrected chi connectivity index (χ0v) is 15.1. The first-order chi connectivity index (χ1) is 12.9. The molecule has 1 aliphatic heterocycles. The van der Waals surface area contributed by atoms with Crippen LogP contribution in [0.5, 0.6) is 6.01 Å². The number of rotatable bonds is 6. The molecule has 0 aliphatic carbocycles. The lowest BCUT2D eigenvalue weighted by atomic mass is 10.1. The van der Waals surface area contributed by atoms with Crippen LogP contribution in [0.2, 0.25) is 0 Å². The fourth-order valence-corrected chi connectivity index (χ4v) is 2.52. The van der Waals surface area contributed by atoms with Gasteiger partial charge in [0.2, 0.25) is 11.9 Å². The molecular formula is C17H18N6O4. The van der Waals surface area contributed by atoms with Crippen LogP contribution >= 0.6 is 0 Å². The van der Waals surface area contributed by atoms with Crippen molar-refractivity contribution in [2.75, 3.05) is 32.6 Å². The summed E-state index contributed by atoms with van der Waals surface area (Å²) in [7, 11) is 4.96. The molecule has 0 spiro atoms. The molecule has 3 amide bonds. The second-order valence-corrected chi connectivity index (χ2v) is 5.95. The number of aromatic nitrogens is 3. The molecule has 10 heteroatoms. The number of nitrogens with one attached hydrogen (secondary N) is 1. The van der Waals surface area contributed by atoms with E-state index in [9.17, 15) is 14.4 Å². The molecule has 0 bridgehead atoms. The number of methoxy groups -OCH3 is 1. The van der Waals surface area contributed by atoms with Crippen LogP contribution in [0.3, 0.4) is 0 Å². The van der Waals surface area contributed by atoms with Crippen molar-refractivity contribution in [3.8, 4) is 6.01 Å². The smallest absolute Gasteiger partial charge is 0.321 e. The van der Waals surface area contributed by atoms with Crippen molar-refractivity contribution in [1.82, 2.24) is 25.2 Å². The highest BCUT2D eigenvalue weighted by Crippen LogP contribution is 2.21. The van der Waals surface area contributed by atoms with Gasteiger partial charge in [-0.25, -0.2) is 0 Å². The van der Waals surface area contributed by atoms with E-state index in [1.807, 2.05) is 0 Å². The predicted molar refractivity (Wildman–Crippen MR) is 94.4 cm³/mol. The quantitative estimate of drug-likeness (QED) is 0.698. The van der Waals surface area contributed by atoms with E-state index in [0.717, 1.165) is 4.90 Å². The van der Waals surface area contributed by atoms with Crippen LogP contribution in [0, 0.1) is 0 Å². The highest BCUT2D eigenvalue weighted by atomic mass is 16.5. The van der Waals surface area contributed by atoms with Crippen LogP contribution in [-0.4, -0.2) is 65.3 Å². The van der Waals surface area contributed by atoms with Crippen molar-refractivity contribution >= 4 is 23.7 Å². The van der Waals surface area contributed by atoms with Crippen molar-refractivity contribution in [1.29, 1.82) is 0 Å². The van der Waals surface area contributed by atoms with Gasteiger partial charge in [-0.3, -0.25) is 19.3 Å². The molecule has 2 heterocycles. The maximum Gasteiger partial charge on any atom is 0.321 e. The number of benzene rings is 1. The molecule has 27 heavy (non-hydrogen) atoms. The number of amides is 3. The summed E-state index contributed by atoms with van der Waals surface area (Å²) in [5.74, 6) is -0.798. The Morgan fingerprint density at radius 3 is 2.30 bits per heavy atom. The summed E-state index contributed by atoms with van der Waals surface area (Å²) in [4.78, 5) is 51.7. The van der Waals surface area contributed by atoms with Gasteiger partial charge in [0, 0.05) is 14.1 Å². The van der Waals surface area contributed by atoms with E-state index in [-0.39, 0.29) is 19.1 Å². The molecule has 0 saturated carbocycles. The van der Waals surface area contributed by atoms with Gasteiger partial charge in [0.25, 0.3) is 11.8 Å². The van der Waals surface area contributed by atoms with E-state index in [1.54, 1.807) is 43.3 Å². The van der Waals surface area contributed by atoms with Crippen molar-refractivity contribution in [3.63, 3.8) is 0 Å². The minimum absolute atomic E-state index is 0.00171. The molecule has 10 nitrogen and oxygen atoms in total. The Labute approximate surface area is 155 Å². The monoisotopic (exact) mass is 370 g/mol. The minimum Gasteiger partial charge on any atom is -0.467 e. The van der Waals surface area contributed by atoms with Gasteiger partial charge in [-0.1, -0.05) is 12.1 Å². The number of imide groups is 1. The lowest BCUT2D eigenvalue weighted by Crippen LogP contribution is -2.40. The van der Waals surface area contributed by atoms with E-state index < -0.39 is 17.7 Å². The van der Waals surface area contributed by atoms with E-state index in [4.69, 9.17) is 4.74 Å². The summed E-state index contributed by atoms with van der Waals surface area (Å²) >= 11 is 0. The number of carbonyl (C=O) groups excluding carboxylic acids is 3. The number of nitrogens with zero attached hydrogens (tertiary/aromatic N) is 5. The van der Waals surface area contributed by atoms with E-state index in [1.165, 1.54) is 7.11 Å². The third-order valence-electron chi connectivity index (χ3n) is 3.86. The van der Waals surface area contributed by atoms with E-state index in [2.05, 4.69) is 20.3 Å². The number of fused-ring (bicyclic) bond motifs is 1. The third-order valence-corrected chi connectivity index (χ3v) is 3.86. The van der Waals surface area contributed by atoms with Crippen molar-refractivity contribution in [2.24, 2.45) is 0 Å². The van der Waals surface area contributed by atoms with Crippen LogP contribution in [0.4, 0.5) is 5.95 Å². The molecular weight excluding hydrogens is 352 g/mol. The molecule has 0 atom stereocenters. The van der Waals surface area contributed by atoms with Crippen molar-refractivity contribution in [2.45, 2.75) is 6.54 Å². The highest BCUT2D eigenvalue weighted by molar-refractivity contribution is 6.22. The lowest BCUT2D eigenvalue weighted by Gasteiger charge is -2.14. The average Bonchev–Trinajstić information content (AvgIpc) is 2.91. The normalized spacial score (nSPS) is 12.8. The topological polar surface area (TPSA) is 118 Å². The molecule has 1 N–H and O–H groups in total. The van der Waals surface area contributed by atoms with Gasteiger partial charge in [0.05, 0.1) is 24.8 Å². The Hall–Kier alpha value is -3.56. The average molecular weight is 370 g/mol. The summed E-state index contributed by atoms with van der Waals surface area (Å²) in [6, 6.07) is 6.59. The zero-order valence-electron chi connectivity index (χ0n) is 15.1. The predicted octanol–water partition coefficient (Wildman–Crippen LogP) is -0.141. The van der Waals surface area contributed by atoms with Gasteiger partial charge in [-0.2, -0.15) is 15.0 Å². The number of anilines is 1. The minimum atomic E-state index is -0.504. The van der Waals surface area contributed by atoms with Crippen LogP contribution < -0.4 is 15.0 Å². The maximum atomic E-state index is 12.3. The molecule has 1 aromatic carbocycles. The van der Waals surface area contributed by atoms with Crippen LogP contribution in [0.15, 0.2) is 24.3 Å². The lowest BCUT2D eigenvalue weighted by molar-refractivity contribution is -0.121. The highest BCUT2D eigenvalue weighted by Gasteiger charge is 2.36. The van der Waals surface area contributed by atoms with Gasteiger partial charge in [-0.05, 0) is 12.1 Å². The van der Waals surface area contributed by atoms with Gasteiger partial charge >= 0.3 is 6.01 Å². The Morgan fingerprint density at radius 1 is 1.11 bits per heavy atom. The fourth-order valence-electron chi connectivity index (χ4n) is 2.52. The Balaban J connectivity index is 1.65.